The van der Waals surface area contributed by atoms with Crippen LogP contribution in [0, 0.1) is 0 Å². The van der Waals surface area contributed by atoms with E-state index in [1.807, 2.05) is 41.5 Å². The van der Waals surface area contributed by atoms with Gasteiger partial charge in [0.05, 0.1) is 0 Å². The molecule has 0 aromatic carbocycles. The average molecular weight is 513 g/mol. The fourth-order valence-electron chi connectivity index (χ4n) is 2.68. The van der Waals surface area contributed by atoms with Crippen LogP contribution in [-0.4, -0.2) is 46.4 Å². The molecule has 0 aromatic rings. The fourth-order valence-corrected chi connectivity index (χ4v) is 3.07. The lowest BCUT2D eigenvalue weighted by molar-refractivity contribution is 0.0516. The Kier molecular flexibility index (Phi) is 12.4. The van der Waals surface area contributed by atoms with Gasteiger partial charge in [0.15, 0.2) is 0 Å². The number of carbonyl (C=O) groups excluding carboxylic acids is 2. The Hall–Kier alpha value is -0.770. The molecular weight excluding hydrogens is 473 g/mol. The predicted octanol–water partition coefficient (Wildman–Crippen LogP) is 4.51. The van der Waals surface area contributed by atoms with Crippen LogP contribution in [0.3, 0.4) is 0 Å². The molecule has 0 aromatic heterocycles. The molecule has 0 aliphatic rings. The van der Waals surface area contributed by atoms with Crippen molar-refractivity contribution in [3.8, 4) is 0 Å². The molecule has 0 bridgehead atoms. The third-order valence-electron chi connectivity index (χ3n) is 3.85. The number of carbonyl (C=O) groups is 2. The molecule has 0 saturated heterocycles. The lowest BCUT2D eigenvalue weighted by Gasteiger charge is -2.30. The predicted molar refractivity (Wildman–Crippen MR) is 122 cm³/mol. The van der Waals surface area contributed by atoms with Gasteiger partial charge in [-0.3, -0.25) is 0 Å². The number of alkyl halides is 1. The van der Waals surface area contributed by atoms with Crippen molar-refractivity contribution in [2.75, 3.05) is 17.5 Å². The molecule has 0 fully saturated rings. The average Bonchev–Trinajstić information content (AvgIpc) is 2.51. The van der Waals surface area contributed by atoms with Crippen LogP contribution in [0.15, 0.2) is 0 Å². The minimum absolute atomic E-state index is 0.295. The van der Waals surface area contributed by atoms with Crippen molar-refractivity contribution in [2.24, 2.45) is 5.73 Å². The van der Waals surface area contributed by atoms with Crippen molar-refractivity contribution >= 4 is 34.8 Å². The topological polar surface area (TPSA) is 103 Å². The lowest BCUT2D eigenvalue weighted by atomic mass is 9.85. The van der Waals surface area contributed by atoms with Crippen LogP contribution in [0.2, 0.25) is 0 Å². The SMILES string of the molecule is CC(C)(C)OC(=O)NCCCC(N)(CCCI)CCCNC(=O)OC(C)(C)C. The Morgan fingerprint density at radius 2 is 1.14 bits per heavy atom. The maximum absolute atomic E-state index is 11.7. The minimum atomic E-state index is -0.497. The molecule has 0 unspecified atom stereocenters. The molecule has 0 saturated carbocycles. The van der Waals surface area contributed by atoms with E-state index in [4.69, 9.17) is 15.2 Å². The van der Waals surface area contributed by atoms with Gasteiger partial charge in [0.2, 0.25) is 0 Å². The molecule has 8 heteroatoms. The number of rotatable bonds is 11. The van der Waals surface area contributed by atoms with E-state index in [1.54, 1.807) is 0 Å². The molecule has 0 spiro atoms. The van der Waals surface area contributed by atoms with Crippen LogP contribution in [0.5, 0.6) is 0 Å². The highest BCUT2D eigenvalue weighted by molar-refractivity contribution is 14.1. The standard InChI is InChI=1S/C20H40IN3O4/c1-18(2,3)27-16(25)23-14-8-11-20(22,10-7-13-21)12-9-15-24-17(26)28-19(4,5)6/h7-15,22H2,1-6H3,(H,23,25)(H,24,26). The van der Waals surface area contributed by atoms with Crippen LogP contribution < -0.4 is 16.4 Å². The van der Waals surface area contributed by atoms with E-state index in [0.717, 1.165) is 43.0 Å². The molecule has 0 aliphatic heterocycles. The summed E-state index contributed by atoms with van der Waals surface area (Å²) in [4.78, 5) is 23.4. The van der Waals surface area contributed by atoms with Crippen LogP contribution in [-0.2, 0) is 9.47 Å². The van der Waals surface area contributed by atoms with Crippen LogP contribution >= 0.6 is 22.6 Å². The van der Waals surface area contributed by atoms with E-state index in [9.17, 15) is 9.59 Å². The number of nitrogens with one attached hydrogen (secondary N) is 2. The summed E-state index contributed by atoms with van der Waals surface area (Å²) in [6, 6.07) is 0. The van der Waals surface area contributed by atoms with Gasteiger partial charge < -0.3 is 25.8 Å². The van der Waals surface area contributed by atoms with Crippen LogP contribution in [0.1, 0.15) is 80.1 Å². The second kappa shape index (κ2) is 12.7. The van der Waals surface area contributed by atoms with E-state index in [-0.39, 0.29) is 5.54 Å². The minimum Gasteiger partial charge on any atom is -0.444 e. The summed E-state index contributed by atoms with van der Waals surface area (Å²) in [5.74, 6) is 0. The van der Waals surface area contributed by atoms with Crippen LogP contribution in [0.4, 0.5) is 9.59 Å². The van der Waals surface area contributed by atoms with Gasteiger partial charge in [-0.15, -0.1) is 0 Å². The van der Waals surface area contributed by atoms with E-state index in [1.165, 1.54) is 0 Å². The summed E-state index contributed by atoms with van der Waals surface area (Å²) < 4.78 is 11.5. The van der Waals surface area contributed by atoms with Crippen molar-refractivity contribution in [3.63, 3.8) is 0 Å². The third kappa shape index (κ3) is 16.2. The first-order valence-corrected chi connectivity index (χ1v) is 11.6. The highest BCUT2D eigenvalue weighted by Crippen LogP contribution is 2.23. The Morgan fingerprint density at radius 3 is 1.46 bits per heavy atom. The zero-order valence-corrected chi connectivity index (χ0v) is 20.6. The van der Waals surface area contributed by atoms with Gasteiger partial charge in [-0.1, -0.05) is 22.6 Å². The molecule has 166 valence electrons. The maximum Gasteiger partial charge on any atom is 0.407 e. The smallest absolute Gasteiger partial charge is 0.407 e. The summed E-state index contributed by atoms with van der Waals surface area (Å²) in [5, 5.41) is 5.56. The molecule has 2 amide bonds. The summed E-state index contributed by atoms with van der Waals surface area (Å²) in [6.07, 6.45) is 4.38. The summed E-state index contributed by atoms with van der Waals surface area (Å²) in [6.45, 7) is 12.1. The Labute approximate surface area is 184 Å². The van der Waals surface area contributed by atoms with Crippen LogP contribution in [0.25, 0.3) is 0 Å². The normalized spacial score (nSPS) is 12.4. The van der Waals surface area contributed by atoms with Gasteiger partial charge in [0.25, 0.3) is 0 Å². The van der Waals surface area contributed by atoms with Crippen molar-refractivity contribution in [2.45, 2.75) is 96.8 Å². The van der Waals surface area contributed by atoms with E-state index in [2.05, 4.69) is 33.2 Å². The number of amides is 2. The zero-order chi connectivity index (χ0) is 21.8. The van der Waals surface area contributed by atoms with Crippen molar-refractivity contribution in [1.82, 2.24) is 10.6 Å². The zero-order valence-electron chi connectivity index (χ0n) is 18.5. The summed E-state index contributed by atoms with van der Waals surface area (Å²) in [5.41, 5.74) is 5.34. The molecule has 4 N–H and O–H groups in total. The fraction of sp³-hybridized carbons (Fsp3) is 0.900. The van der Waals surface area contributed by atoms with Gasteiger partial charge in [0, 0.05) is 18.6 Å². The molecular formula is C20H40IN3O4. The molecule has 0 rings (SSSR count). The van der Waals surface area contributed by atoms with Crippen molar-refractivity contribution in [3.05, 3.63) is 0 Å². The first kappa shape index (κ1) is 27.2. The number of hydrogen-bond donors (Lipinski definition) is 3. The van der Waals surface area contributed by atoms with Gasteiger partial charge >= 0.3 is 12.2 Å². The van der Waals surface area contributed by atoms with E-state index >= 15 is 0 Å². The molecule has 0 aliphatic carbocycles. The Morgan fingerprint density at radius 1 is 0.786 bits per heavy atom. The summed E-state index contributed by atoms with van der Waals surface area (Å²) in [7, 11) is 0. The maximum atomic E-state index is 11.7. The Bertz CT molecular complexity index is 437. The molecule has 7 nitrogen and oxygen atoms in total. The lowest BCUT2D eigenvalue weighted by Crippen LogP contribution is -2.42. The monoisotopic (exact) mass is 513 g/mol. The van der Waals surface area contributed by atoms with E-state index < -0.39 is 23.4 Å². The number of nitrogens with two attached hydrogens (primary N) is 1. The molecule has 28 heavy (non-hydrogen) atoms. The number of halogens is 1. The number of alkyl carbamates (subject to hydrolysis) is 2. The molecule has 0 atom stereocenters. The van der Waals surface area contributed by atoms with Gasteiger partial charge in [-0.2, -0.15) is 0 Å². The highest BCUT2D eigenvalue weighted by Gasteiger charge is 2.24. The number of ether oxygens (including phenoxy) is 2. The molecule has 0 heterocycles. The van der Waals surface area contributed by atoms with Crippen molar-refractivity contribution < 1.29 is 19.1 Å². The third-order valence-corrected chi connectivity index (χ3v) is 4.61. The first-order valence-electron chi connectivity index (χ1n) is 10.0. The highest BCUT2D eigenvalue weighted by atomic mass is 127. The summed E-state index contributed by atoms with van der Waals surface area (Å²) >= 11 is 2.36. The molecule has 0 radical (unpaired) electrons. The van der Waals surface area contributed by atoms with E-state index in [0.29, 0.717) is 13.1 Å². The first-order chi connectivity index (χ1) is 12.8. The second-order valence-electron chi connectivity index (χ2n) is 9.22. The number of hydrogen-bond acceptors (Lipinski definition) is 5. The van der Waals surface area contributed by atoms with Gasteiger partial charge in [-0.25, -0.2) is 9.59 Å². The Balaban J connectivity index is 4.27. The largest absolute Gasteiger partial charge is 0.444 e. The van der Waals surface area contributed by atoms with Crippen molar-refractivity contribution in [1.29, 1.82) is 0 Å². The quantitative estimate of drug-likeness (QED) is 0.214. The van der Waals surface area contributed by atoms with Gasteiger partial charge in [0.1, 0.15) is 11.2 Å². The van der Waals surface area contributed by atoms with Gasteiger partial charge in [-0.05, 0) is 84.5 Å². The second-order valence-corrected chi connectivity index (χ2v) is 10.3.